The Morgan fingerprint density at radius 2 is 0.738 bits per heavy atom. The molecule has 0 saturated heterocycles. The lowest BCUT2D eigenvalue weighted by Gasteiger charge is -2.46. The molecule has 3 aliphatic carbocycles. The van der Waals surface area contributed by atoms with Crippen LogP contribution >= 0.6 is 0 Å². The van der Waals surface area contributed by atoms with Gasteiger partial charge in [0.15, 0.2) is 22.7 Å². The predicted molar refractivity (Wildman–Crippen MR) is 399 cm³/mol. The summed E-state index contributed by atoms with van der Waals surface area (Å²) in [4.78, 5) is 113. The minimum absolute atomic E-state index is 0.00309. The molecule has 0 aromatic carbocycles. The van der Waals surface area contributed by atoms with E-state index >= 15 is 0 Å². The molecule has 3 aliphatic rings. The van der Waals surface area contributed by atoms with E-state index in [0.717, 1.165) is 50.3 Å². The first kappa shape index (κ1) is 91.7. The molecule has 3 amide bonds. The molecule has 3 N–H and O–H groups in total. The molecule has 0 aliphatic heterocycles. The zero-order valence-corrected chi connectivity index (χ0v) is 68.8. The number of carbonyl (C=O) groups is 9. The first-order valence-electron chi connectivity index (χ1n) is 37.6. The van der Waals surface area contributed by atoms with Crippen LogP contribution in [-0.4, -0.2) is 176 Å². The third-order valence-electron chi connectivity index (χ3n) is 18.5. The number of hydrogen-bond acceptors (Lipinski definition) is 22. The summed E-state index contributed by atoms with van der Waals surface area (Å²) >= 11 is 0. The molecule has 103 heavy (non-hydrogen) atoms. The summed E-state index contributed by atoms with van der Waals surface area (Å²) in [5.41, 5.74) is -1.20. The van der Waals surface area contributed by atoms with E-state index < -0.39 is 73.6 Å². The first-order valence-corrected chi connectivity index (χ1v) is 46.9. The standard InChI is InChI=1S/C75H133N3O22Si3/c1-19-61(79)89-41-27-43-93-66(84)76-57-46-70(3,4)54-73(9,49-57)33-30-63(81)91-37-23-21-25-39-95-69(87)96-40-26-22-24-38-92-64(82)31-34-74(10)51-59(48-72(7,8)55-74)78-68(86)97-53-60(52-88-36-29-45-103(18,99-101(12,13)14)100-102(15,16)17)98-65(83)32-35-75(11)50-58(47-71(5,6)56-75)77-67(85)94-44-28-42-90-62(80)20-2/h19-20,57-60H,1-2,21-56H2,3-18H3,(H,76,84)(H,77,85)(H,78,86). The van der Waals surface area contributed by atoms with Gasteiger partial charge < -0.3 is 76.3 Å². The number of esters is 5. The van der Waals surface area contributed by atoms with Gasteiger partial charge in [-0.15, -0.1) is 0 Å². The van der Waals surface area contributed by atoms with E-state index in [1.807, 2.05) is 0 Å². The maximum Gasteiger partial charge on any atom is 0.508 e. The summed E-state index contributed by atoms with van der Waals surface area (Å²) in [5, 5.41) is 9.07. The molecular weight excluding hydrogens is 1380 g/mol. The molecule has 0 radical (unpaired) electrons. The number of rotatable bonds is 47. The molecule has 3 rings (SSSR count). The van der Waals surface area contributed by atoms with Gasteiger partial charge in [-0.05, 0) is 206 Å². The largest absolute Gasteiger partial charge is 0.508 e. The summed E-state index contributed by atoms with van der Waals surface area (Å²) in [6.45, 7) is 42.5. The number of hydrogen-bond donors (Lipinski definition) is 3. The van der Waals surface area contributed by atoms with Gasteiger partial charge in [-0.1, -0.05) is 75.5 Å². The molecule has 0 spiro atoms. The molecule has 25 nitrogen and oxygen atoms in total. The van der Waals surface area contributed by atoms with E-state index in [0.29, 0.717) is 109 Å². The molecular formula is C75H133N3O22Si3. The Bertz CT molecular complexity index is 2690. The van der Waals surface area contributed by atoms with Gasteiger partial charge >= 0.3 is 62.8 Å². The lowest BCUT2D eigenvalue weighted by molar-refractivity contribution is -0.156. The highest BCUT2D eigenvalue weighted by Gasteiger charge is 2.46. The zero-order chi connectivity index (χ0) is 77.2. The summed E-state index contributed by atoms with van der Waals surface area (Å²) in [7, 11) is -6.38. The molecule has 7 atom stereocenters. The first-order chi connectivity index (χ1) is 47.9. The number of ether oxygens (including phenoxy) is 11. The van der Waals surface area contributed by atoms with Gasteiger partial charge in [0.25, 0.3) is 0 Å². The van der Waals surface area contributed by atoms with Crippen LogP contribution in [0.1, 0.15) is 216 Å². The zero-order valence-electron chi connectivity index (χ0n) is 65.8. The van der Waals surface area contributed by atoms with Gasteiger partial charge in [-0.3, -0.25) is 14.4 Å². The summed E-state index contributed by atoms with van der Waals surface area (Å²) in [6.07, 6.45) is 12.8. The molecule has 3 saturated carbocycles. The van der Waals surface area contributed by atoms with Crippen LogP contribution in [0.5, 0.6) is 0 Å². The lowest BCUT2D eigenvalue weighted by atomic mass is 9.61. The van der Waals surface area contributed by atoms with E-state index in [2.05, 4.69) is 137 Å². The Kier molecular flexibility index (Phi) is 39.1. The van der Waals surface area contributed by atoms with Gasteiger partial charge in [0.05, 0.1) is 59.5 Å². The lowest BCUT2D eigenvalue weighted by Crippen LogP contribution is -2.52. The third-order valence-corrected chi connectivity index (χ3v) is 28.1. The predicted octanol–water partition coefficient (Wildman–Crippen LogP) is 15.2. The topological polar surface area (TPSA) is 310 Å². The van der Waals surface area contributed by atoms with Crippen molar-refractivity contribution in [1.82, 2.24) is 16.0 Å². The van der Waals surface area contributed by atoms with Crippen molar-refractivity contribution in [2.75, 3.05) is 72.7 Å². The smallest absolute Gasteiger partial charge is 0.466 e. The van der Waals surface area contributed by atoms with E-state index in [1.54, 1.807) is 0 Å². The highest BCUT2D eigenvalue weighted by molar-refractivity contribution is 6.87. The molecule has 7 unspecified atom stereocenters. The maximum atomic E-state index is 13.8. The number of alkyl carbamates (subject to hydrolysis) is 3. The van der Waals surface area contributed by atoms with Crippen molar-refractivity contribution >= 4 is 79.5 Å². The monoisotopic (exact) mass is 1510 g/mol. The highest BCUT2D eigenvalue weighted by Crippen LogP contribution is 2.51. The second kappa shape index (κ2) is 43.9. The minimum Gasteiger partial charge on any atom is -0.466 e. The molecule has 592 valence electrons. The van der Waals surface area contributed by atoms with Crippen LogP contribution in [0.4, 0.5) is 19.2 Å². The molecule has 28 heteroatoms. The second-order valence-electron chi connectivity index (χ2n) is 34.4. The van der Waals surface area contributed by atoms with Crippen molar-refractivity contribution in [3.8, 4) is 0 Å². The van der Waals surface area contributed by atoms with Crippen LogP contribution in [-0.2, 0) is 84.3 Å². The maximum absolute atomic E-state index is 13.8. The van der Waals surface area contributed by atoms with Gasteiger partial charge in [0.2, 0.25) is 0 Å². The summed E-state index contributed by atoms with van der Waals surface area (Å²) in [5.74, 6) is -2.11. The fourth-order valence-corrected chi connectivity index (χ4v) is 28.3. The number of amides is 3. The van der Waals surface area contributed by atoms with Gasteiger partial charge in [-0.25, -0.2) is 28.8 Å². The number of unbranched alkanes of at least 4 members (excludes halogenated alkanes) is 4. The Labute approximate surface area is 619 Å². The van der Waals surface area contributed by atoms with Crippen molar-refractivity contribution in [3.63, 3.8) is 0 Å². The van der Waals surface area contributed by atoms with E-state index in [-0.39, 0.29) is 148 Å². The Hall–Kier alpha value is -5.56. The van der Waals surface area contributed by atoms with Crippen LogP contribution in [0.2, 0.25) is 51.9 Å². The Morgan fingerprint density at radius 3 is 1.11 bits per heavy atom. The molecule has 0 aromatic heterocycles. The Balaban J connectivity index is 1.39. The van der Waals surface area contributed by atoms with E-state index in [4.69, 9.17) is 60.3 Å². The number of carbonyl (C=O) groups excluding carboxylic acids is 9. The molecule has 0 aromatic rings. The molecule has 0 heterocycles. The normalized spacial score (nSPS) is 22.5. The fraction of sp³-hybridized carbons (Fsp3) is 0.827. The van der Waals surface area contributed by atoms with Gasteiger partial charge in [0.1, 0.15) is 6.61 Å². The Morgan fingerprint density at radius 1 is 0.398 bits per heavy atom. The third kappa shape index (κ3) is 42.4. The van der Waals surface area contributed by atoms with E-state index in [1.165, 1.54) is 0 Å². The van der Waals surface area contributed by atoms with Gasteiger partial charge in [-0.2, -0.15) is 0 Å². The van der Waals surface area contributed by atoms with Crippen LogP contribution in [0.3, 0.4) is 0 Å². The average molecular weight is 1510 g/mol. The minimum atomic E-state index is -2.53. The average Bonchev–Trinajstić information content (AvgIpc) is 0.812. The van der Waals surface area contributed by atoms with Crippen molar-refractivity contribution < 1.29 is 103 Å². The van der Waals surface area contributed by atoms with Crippen molar-refractivity contribution in [1.29, 1.82) is 0 Å². The van der Waals surface area contributed by atoms with Crippen molar-refractivity contribution in [3.05, 3.63) is 25.3 Å². The highest BCUT2D eigenvalue weighted by atomic mass is 28.5. The van der Waals surface area contributed by atoms with Crippen LogP contribution in [0.25, 0.3) is 0 Å². The van der Waals surface area contributed by atoms with Crippen molar-refractivity contribution in [2.24, 2.45) is 32.5 Å². The fourth-order valence-electron chi connectivity index (χ4n) is 15.8. The summed E-state index contributed by atoms with van der Waals surface area (Å²) in [6, 6.07) is 0.154. The van der Waals surface area contributed by atoms with Crippen LogP contribution < -0.4 is 16.0 Å². The second-order valence-corrected chi connectivity index (χ2v) is 47.2. The molecule has 0 bridgehead atoms. The quantitative estimate of drug-likeness (QED) is 0.0168. The van der Waals surface area contributed by atoms with Crippen molar-refractivity contribution in [2.45, 2.75) is 293 Å². The summed E-state index contributed by atoms with van der Waals surface area (Å²) < 4.78 is 73.7. The molecule has 3 fully saturated rings. The van der Waals surface area contributed by atoms with Crippen LogP contribution in [0.15, 0.2) is 25.3 Å². The SMILES string of the molecule is C=CC(=O)OCCCOC(=O)NC1CC(C)(C)CC(C)(CCC(=O)OCCCCCOC(=O)OCCCCCOC(=O)CCC2(C)CC(NC(=O)OCC(COCCC[Si](C)(O[Si](C)(C)C)O[Si](C)(C)C)OC(=O)CCC3(C)CC(NC(=O)OCCCOC(=O)C=C)CC(C)(C)C3)CC(C)(C)C2)C1. The van der Waals surface area contributed by atoms with E-state index in [9.17, 15) is 43.2 Å². The number of nitrogens with one attached hydrogen (secondary N) is 3. The van der Waals surface area contributed by atoms with Gasteiger partial charge in [0, 0.05) is 69.0 Å². The van der Waals surface area contributed by atoms with Crippen LogP contribution in [0, 0.1) is 32.5 Å².